The van der Waals surface area contributed by atoms with Crippen LogP contribution in [-0.4, -0.2) is 29.1 Å². The molecule has 0 aromatic rings. The van der Waals surface area contributed by atoms with Crippen LogP contribution in [0.1, 0.15) is 118 Å². The van der Waals surface area contributed by atoms with Gasteiger partial charge in [-0.3, -0.25) is 0 Å². The number of hydrogen-bond acceptors (Lipinski definition) is 2. The average Bonchev–Trinajstić information content (AvgIpc) is 3.05. The molecular formula is C24H48N2. The van der Waals surface area contributed by atoms with Crippen LogP contribution >= 0.6 is 0 Å². The predicted molar refractivity (Wildman–Crippen MR) is 117 cm³/mol. The molecule has 0 bridgehead atoms. The van der Waals surface area contributed by atoms with Crippen LogP contribution in [-0.2, 0) is 0 Å². The zero-order valence-corrected chi connectivity index (χ0v) is 18.5. The second-order valence-electron chi connectivity index (χ2n) is 8.62. The van der Waals surface area contributed by atoms with Crippen LogP contribution in [0.4, 0.5) is 0 Å². The second kappa shape index (κ2) is 15.4. The van der Waals surface area contributed by atoms with E-state index in [-0.39, 0.29) is 0 Å². The summed E-state index contributed by atoms with van der Waals surface area (Å²) in [6.07, 6.45) is 25.3. The van der Waals surface area contributed by atoms with Gasteiger partial charge in [-0.2, -0.15) is 0 Å². The molecule has 0 aliphatic carbocycles. The Labute approximate surface area is 165 Å². The van der Waals surface area contributed by atoms with Gasteiger partial charge in [0.1, 0.15) is 6.17 Å². The SMILES string of the molecule is CCCCCCCCCCCCCCCCN1C=CN(CC)C1C(C)C. The van der Waals surface area contributed by atoms with E-state index < -0.39 is 0 Å². The van der Waals surface area contributed by atoms with Gasteiger partial charge in [-0.05, 0) is 19.3 Å². The molecule has 154 valence electrons. The van der Waals surface area contributed by atoms with E-state index >= 15 is 0 Å². The third kappa shape index (κ3) is 9.88. The Morgan fingerprint density at radius 2 is 1.04 bits per heavy atom. The van der Waals surface area contributed by atoms with E-state index in [4.69, 9.17) is 0 Å². The summed E-state index contributed by atoms with van der Waals surface area (Å²) in [5, 5.41) is 0. The first kappa shape index (κ1) is 23.4. The van der Waals surface area contributed by atoms with E-state index in [1.54, 1.807) is 0 Å². The van der Waals surface area contributed by atoms with Crippen molar-refractivity contribution in [2.75, 3.05) is 13.1 Å². The van der Waals surface area contributed by atoms with Crippen molar-refractivity contribution in [3.8, 4) is 0 Å². The zero-order chi connectivity index (χ0) is 19.0. The van der Waals surface area contributed by atoms with Gasteiger partial charge in [-0.1, -0.05) is 104 Å². The lowest BCUT2D eigenvalue weighted by Crippen LogP contribution is -2.42. The highest BCUT2D eigenvalue weighted by atomic mass is 15.4. The van der Waals surface area contributed by atoms with Crippen LogP contribution < -0.4 is 0 Å². The van der Waals surface area contributed by atoms with Gasteiger partial charge >= 0.3 is 0 Å². The molecule has 1 rings (SSSR count). The first-order valence-electron chi connectivity index (χ1n) is 11.9. The monoisotopic (exact) mass is 364 g/mol. The third-order valence-corrected chi connectivity index (χ3v) is 5.86. The standard InChI is InChI=1S/C24H48N2/c1-5-7-8-9-10-11-12-13-14-15-16-17-18-19-20-26-22-21-25(6-2)24(26)23(3)4/h21-24H,5-20H2,1-4H3. The molecular weight excluding hydrogens is 316 g/mol. The summed E-state index contributed by atoms with van der Waals surface area (Å²) < 4.78 is 0. The molecule has 1 aliphatic heterocycles. The first-order chi connectivity index (χ1) is 12.7. The minimum Gasteiger partial charge on any atom is -0.356 e. The van der Waals surface area contributed by atoms with Gasteiger partial charge in [0.25, 0.3) is 0 Å². The molecule has 0 saturated carbocycles. The van der Waals surface area contributed by atoms with Gasteiger partial charge in [-0.15, -0.1) is 0 Å². The van der Waals surface area contributed by atoms with Gasteiger partial charge in [0.2, 0.25) is 0 Å². The van der Waals surface area contributed by atoms with Crippen LogP contribution in [0.25, 0.3) is 0 Å². The van der Waals surface area contributed by atoms with Crippen molar-refractivity contribution in [3.05, 3.63) is 12.4 Å². The van der Waals surface area contributed by atoms with E-state index in [1.165, 1.54) is 96.4 Å². The van der Waals surface area contributed by atoms with E-state index in [0.29, 0.717) is 12.1 Å². The maximum atomic E-state index is 2.56. The Balaban J connectivity index is 1.88. The highest BCUT2D eigenvalue weighted by Gasteiger charge is 2.27. The van der Waals surface area contributed by atoms with Crippen molar-refractivity contribution in [1.29, 1.82) is 0 Å². The summed E-state index contributed by atoms with van der Waals surface area (Å²) in [5.74, 6) is 0.691. The summed E-state index contributed by atoms with van der Waals surface area (Å²) >= 11 is 0. The molecule has 1 aliphatic rings. The molecule has 0 radical (unpaired) electrons. The lowest BCUT2D eigenvalue weighted by molar-refractivity contribution is 0.110. The summed E-state index contributed by atoms with van der Waals surface area (Å²) in [6, 6.07) is 0. The molecule has 1 unspecified atom stereocenters. The van der Waals surface area contributed by atoms with Crippen molar-refractivity contribution in [3.63, 3.8) is 0 Å². The number of hydrogen-bond donors (Lipinski definition) is 0. The van der Waals surface area contributed by atoms with Crippen LogP contribution in [0.3, 0.4) is 0 Å². The van der Waals surface area contributed by atoms with Crippen molar-refractivity contribution >= 4 is 0 Å². The molecule has 2 heteroatoms. The molecule has 1 heterocycles. The fourth-order valence-corrected chi connectivity index (χ4v) is 4.29. The number of rotatable bonds is 17. The molecule has 0 N–H and O–H groups in total. The predicted octanol–water partition coefficient (Wildman–Crippen LogP) is 7.56. The van der Waals surface area contributed by atoms with Gasteiger partial charge in [-0.25, -0.2) is 0 Å². The summed E-state index contributed by atoms with van der Waals surface area (Å²) in [5.41, 5.74) is 0. The van der Waals surface area contributed by atoms with Crippen LogP contribution in [0.5, 0.6) is 0 Å². The summed E-state index contributed by atoms with van der Waals surface area (Å²) in [4.78, 5) is 5.04. The van der Waals surface area contributed by atoms with Crippen molar-refractivity contribution in [1.82, 2.24) is 9.80 Å². The highest BCUT2D eigenvalue weighted by molar-refractivity contribution is 4.97. The van der Waals surface area contributed by atoms with Gasteiger partial charge in [0.15, 0.2) is 0 Å². The fraction of sp³-hybridized carbons (Fsp3) is 0.917. The Bertz CT molecular complexity index is 337. The lowest BCUT2D eigenvalue weighted by Gasteiger charge is -2.35. The minimum absolute atomic E-state index is 0.585. The zero-order valence-electron chi connectivity index (χ0n) is 18.5. The molecule has 0 fully saturated rings. The van der Waals surface area contributed by atoms with Crippen LogP contribution in [0, 0.1) is 5.92 Å². The van der Waals surface area contributed by atoms with E-state index in [0.717, 1.165) is 6.54 Å². The number of nitrogens with zero attached hydrogens (tertiary/aromatic N) is 2. The molecule has 0 aromatic carbocycles. The molecule has 0 spiro atoms. The smallest absolute Gasteiger partial charge is 0.103 e. The first-order valence-corrected chi connectivity index (χ1v) is 11.9. The van der Waals surface area contributed by atoms with E-state index in [9.17, 15) is 0 Å². The lowest BCUT2D eigenvalue weighted by atomic mass is 10.0. The van der Waals surface area contributed by atoms with Gasteiger partial charge < -0.3 is 9.80 Å². The summed E-state index contributed by atoms with van der Waals surface area (Å²) in [7, 11) is 0. The third-order valence-electron chi connectivity index (χ3n) is 5.86. The van der Waals surface area contributed by atoms with E-state index in [2.05, 4.69) is 49.9 Å². The average molecular weight is 365 g/mol. The number of unbranched alkanes of at least 4 members (excludes halogenated alkanes) is 13. The summed E-state index contributed by atoms with van der Waals surface area (Å²) in [6.45, 7) is 11.6. The van der Waals surface area contributed by atoms with Crippen LogP contribution in [0.2, 0.25) is 0 Å². The minimum atomic E-state index is 0.585. The quantitative estimate of drug-likeness (QED) is 0.246. The molecule has 2 nitrogen and oxygen atoms in total. The van der Waals surface area contributed by atoms with Crippen molar-refractivity contribution in [2.45, 2.75) is 124 Å². The maximum absolute atomic E-state index is 2.56. The second-order valence-corrected chi connectivity index (χ2v) is 8.62. The Kier molecular flexibility index (Phi) is 13.9. The Morgan fingerprint density at radius 3 is 1.46 bits per heavy atom. The van der Waals surface area contributed by atoms with Crippen molar-refractivity contribution < 1.29 is 0 Å². The fourth-order valence-electron chi connectivity index (χ4n) is 4.29. The van der Waals surface area contributed by atoms with Crippen LogP contribution in [0.15, 0.2) is 12.4 Å². The van der Waals surface area contributed by atoms with E-state index in [1.807, 2.05) is 0 Å². The normalized spacial score (nSPS) is 17.0. The van der Waals surface area contributed by atoms with Crippen molar-refractivity contribution in [2.24, 2.45) is 5.92 Å². The molecule has 1 atom stereocenters. The topological polar surface area (TPSA) is 6.48 Å². The highest BCUT2D eigenvalue weighted by Crippen LogP contribution is 2.23. The molecule has 0 saturated heterocycles. The molecule has 26 heavy (non-hydrogen) atoms. The Morgan fingerprint density at radius 1 is 0.615 bits per heavy atom. The largest absolute Gasteiger partial charge is 0.356 e. The molecule has 0 amide bonds. The van der Waals surface area contributed by atoms with Gasteiger partial charge in [0, 0.05) is 25.5 Å². The maximum Gasteiger partial charge on any atom is 0.103 e. The van der Waals surface area contributed by atoms with Gasteiger partial charge in [0.05, 0.1) is 0 Å². The Hall–Kier alpha value is -0.660. The molecule has 0 aromatic heterocycles.